The van der Waals surface area contributed by atoms with E-state index < -0.39 is 0 Å². The third-order valence-corrected chi connectivity index (χ3v) is 4.19. The lowest BCUT2D eigenvalue weighted by molar-refractivity contribution is -0.123. The number of hydrogen-bond acceptors (Lipinski definition) is 3. The second-order valence-electron chi connectivity index (χ2n) is 6.42. The molecule has 5 nitrogen and oxygen atoms in total. The van der Waals surface area contributed by atoms with E-state index in [9.17, 15) is 14.0 Å². The molecule has 0 bridgehead atoms. The van der Waals surface area contributed by atoms with Gasteiger partial charge in [-0.05, 0) is 61.7 Å². The van der Waals surface area contributed by atoms with E-state index in [0.29, 0.717) is 5.75 Å². The van der Waals surface area contributed by atoms with E-state index in [1.165, 1.54) is 24.3 Å². The van der Waals surface area contributed by atoms with Crippen molar-refractivity contribution < 1.29 is 18.7 Å². The number of amides is 2. The molecule has 1 atom stereocenters. The third-order valence-electron chi connectivity index (χ3n) is 4.19. The van der Waals surface area contributed by atoms with Crippen LogP contribution in [-0.4, -0.2) is 18.4 Å². The highest BCUT2D eigenvalue weighted by atomic mass is 19.1. The number of halogens is 1. The first kappa shape index (κ1) is 17.9. The number of hydrogen-bond donors (Lipinski definition) is 2. The maximum atomic E-state index is 12.8. The second-order valence-corrected chi connectivity index (χ2v) is 6.42. The molecule has 0 aromatic heterocycles. The molecule has 0 radical (unpaired) electrons. The predicted octanol–water partition coefficient (Wildman–Crippen LogP) is 3.43. The molecule has 1 fully saturated rings. The van der Waals surface area contributed by atoms with Gasteiger partial charge in [0.2, 0.25) is 5.91 Å². The van der Waals surface area contributed by atoms with Crippen molar-refractivity contribution in [2.75, 3.05) is 11.9 Å². The van der Waals surface area contributed by atoms with Gasteiger partial charge in [-0.15, -0.1) is 0 Å². The van der Waals surface area contributed by atoms with Gasteiger partial charge in [-0.2, -0.15) is 0 Å². The first-order valence-electron chi connectivity index (χ1n) is 8.60. The van der Waals surface area contributed by atoms with Gasteiger partial charge in [0.1, 0.15) is 11.6 Å². The van der Waals surface area contributed by atoms with Gasteiger partial charge >= 0.3 is 0 Å². The lowest BCUT2D eigenvalue weighted by Gasteiger charge is -2.15. The van der Waals surface area contributed by atoms with Gasteiger partial charge in [-0.25, -0.2) is 4.39 Å². The number of rotatable bonds is 7. The van der Waals surface area contributed by atoms with Crippen molar-refractivity contribution in [3.05, 3.63) is 59.9 Å². The van der Waals surface area contributed by atoms with Gasteiger partial charge in [0, 0.05) is 11.6 Å². The van der Waals surface area contributed by atoms with Crippen LogP contribution in [-0.2, 0) is 9.59 Å². The number of carbonyl (C=O) groups is 2. The SMILES string of the molecule is CC(NC(=O)COc1ccc(F)cc1)c1ccc(NC(=O)C2CC2)cc1. The average molecular weight is 356 g/mol. The molecule has 136 valence electrons. The van der Waals surface area contributed by atoms with E-state index >= 15 is 0 Å². The van der Waals surface area contributed by atoms with E-state index in [4.69, 9.17) is 4.74 Å². The van der Waals surface area contributed by atoms with Crippen molar-refractivity contribution in [3.8, 4) is 5.75 Å². The highest BCUT2D eigenvalue weighted by Gasteiger charge is 2.29. The average Bonchev–Trinajstić information content (AvgIpc) is 3.47. The van der Waals surface area contributed by atoms with Crippen LogP contribution in [0.5, 0.6) is 5.75 Å². The highest BCUT2D eigenvalue weighted by Crippen LogP contribution is 2.30. The van der Waals surface area contributed by atoms with Crippen LogP contribution in [0.15, 0.2) is 48.5 Å². The van der Waals surface area contributed by atoms with Gasteiger partial charge in [0.05, 0.1) is 6.04 Å². The van der Waals surface area contributed by atoms with Crippen LogP contribution in [0.2, 0.25) is 0 Å². The predicted molar refractivity (Wildman–Crippen MR) is 96.2 cm³/mol. The minimum absolute atomic E-state index is 0.0667. The van der Waals surface area contributed by atoms with Crippen LogP contribution in [0.3, 0.4) is 0 Å². The molecule has 6 heteroatoms. The molecule has 0 spiro atoms. The Kier molecular flexibility index (Phi) is 5.51. The molecule has 1 saturated carbocycles. The molecule has 0 heterocycles. The summed E-state index contributed by atoms with van der Waals surface area (Å²) in [6.07, 6.45) is 1.93. The Morgan fingerprint density at radius 2 is 1.77 bits per heavy atom. The smallest absolute Gasteiger partial charge is 0.258 e. The van der Waals surface area contributed by atoms with E-state index in [2.05, 4.69) is 10.6 Å². The van der Waals surface area contributed by atoms with E-state index in [1.54, 1.807) is 0 Å². The van der Waals surface area contributed by atoms with E-state index in [-0.39, 0.29) is 36.2 Å². The van der Waals surface area contributed by atoms with Crippen molar-refractivity contribution >= 4 is 17.5 Å². The molecule has 3 rings (SSSR count). The van der Waals surface area contributed by atoms with Crippen molar-refractivity contribution in [2.45, 2.75) is 25.8 Å². The van der Waals surface area contributed by atoms with E-state index in [0.717, 1.165) is 24.1 Å². The first-order chi connectivity index (χ1) is 12.5. The topological polar surface area (TPSA) is 67.4 Å². The monoisotopic (exact) mass is 356 g/mol. The van der Waals surface area contributed by atoms with Crippen LogP contribution in [0.25, 0.3) is 0 Å². The zero-order chi connectivity index (χ0) is 18.5. The van der Waals surface area contributed by atoms with Crippen LogP contribution in [0, 0.1) is 11.7 Å². The van der Waals surface area contributed by atoms with Crippen molar-refractivity contribution in [1.29, 1.82) is 0 Å². The molecule has 2 aromatic carbocycles. The Balaban J connectivity index is 1.47. The van der Waals surface area contributed by atoms with Crippen LogP contribution >= 0.6 is 0 Å². The summed E-state index contributed by atoms with van der Waals surface area (Å²) in [5.41, 5.74) is 1.67. The van der Waals surface area contributed by atoms with Gasteiger partial charge in [0.25, 0.3) is 5.91 Å². The molecule has 1 aliphatic rings. The largest absolute Gasteiger partial charge is 0.484 e. The van der Waals surface area contributed by atoms with Gasteiger partial charge in [-0.1, -0.05) is 12.1 Å². The molecule has 2 N–H and O–H groups in total. The fourth-order valence-electron chi connectivity index (χ4n) is 2.49. The molecular weight excluding hydrogens is 335 g/mol. The van der Waals surface area contributed by atoms with E-state index in [1.807, 2.05) is 31.2 Å². The molecule has 2 aromatic rings. The Hall–Kier alpha value is -2.89. The summed E-state index contributed by atoms with van der Waals surface area (Å²) < 4.78 is 18.2. The van der Waals surface area contributed by atoms with Crippen LogP contribution in [0.1, 0.15) is 31.4 Å². The molecule has 26 heavy (non-hydrogen) atoms. The van der Waals surface area contributed by atoms with Crippen LogP contribution < -0.4 is 15.4 Å². The lowest BCUT2D eigenvalue weighted by Crippen LogP contribution is -2.31. The summed E-state index contributed by atoms with van der Waals surface area (Å²) in [5, 5.41) is 5.72. The standard InChI is InChI=1S/C20H21FN2O3/c1-13(22-19(24)12-26-18-10-6-16(21)7-11-18)14-4-8-17(9-5-14)23-20(25)15-2-3-15/h4-11,13,15H,2-3,12H2,1H3,(H,22,24)(H,23,25). The Bertz CT molecular complexity index is 771. The number of anilines is 1. The maximum absolute atomic E-state index is 12.8. The van der Waals surface area contributed by atoms with Crippen molar-refractivity contribution in [2.24, 2.45) is 5.92 Å². The lowest BCUT2D eigenvalue weighted by atomic mass is 10.1. The van der Waals surface area contributed by atoms with Crippen molar-refractivity contribution in [1.82, 2.24) is 5.32 Å². The third kappa shape index (κ3) is 5.05. The first-order valence-corrected chi connectivity index (χ1v) is 8.60. The zero-order valence-electron chi connectivity index (χ0n) is 14.5. The minimum atomic E-state index is -0.354. The summed E-state index contributed by atoms with van der Waals surface area (Å²) >= 11 is 0. The second kappa shape index (κ2) is 7.99. The fraction of sp³-hybridized carbons (Fsp3) is 0.300. The Morgan fingerprint density at radius 3 is 2.38 bits per heavy atom. The molecule has 1 aliphatic carbocycles. The summed E-state index contributed by atoms with van der Waals surface area (Å²) in [6, 6.07) is 12.7. The highest BCUT2D eigenvalue weighted by molar-refractivity contribution is 5.94. The van der Waals surface area contributed by atoms with Gasteiger partial charge in [0.15, 0.2) is 6.61 Å². The van der Waals surface area contributed by atoms with Crippen molar-refractivity contribution in [3.63, 3.8) is 0 Å². The fourth-order valence-corrected chi connectivity index (χ4v) is 2.49. The number of carbonyl (C=O) groups excluding carboxylic acids is 2. The molecule has 2 amide bonds. The van der Waals surface area contributed by atoms with Gasteiger partial charge < -0.3 is 15.4 Å². The zero-order valence-corrected chi connectivity index (χ0v) is 14.5. The summed E-state index contributed by atoms with van der Waals surface area (Å²) in [6.45, 7) is 1.72. The summed E-state index contributed by atoms with van der Waals surface area (Å²) in [5.74, 6) is 0.0381. The van der Waals surface area contributed by atoms with Gasteiger partial charge in [-0.3, -0.25) is 9.59 Å². The normalized spacial score (nSPS) is 14.4. The maximum Gasteiger partial charge on any atom is 0.258 e. The molecule has 0 aliphatic heterocycles. The quantitative estimate of drug-likeness (QED) is 0.799. The van der Waals surface area contributed by atoms with Crippen LogP contribution in [0.4, 0.5) is 10.1 Å². The number of ether oxygens (including phenoxy) is 1. The number of nitrogens with one attached hydrogen (secondary N) is 2. The minimum Gasteiger partial charge on any atom is -0.484 e. The molecular formula is C20H21FN2O3. The molecule has 1 unspecified atom stereocenters. The summed E-state index contributed by atoms with van der Waals surface area (Å²) in [7, 11) is 0. The molecule has 0 saturated heterocycles. The number of benzene rings is 2. The Labute approximate surface area is 151 Å². The summed E-state index contributed by atoms with van der Waals surface area (Å²) in [4.78, 5) is 23.7. The Morgan fingerprint density at radius 1 is 1.12 bits per heavy atom.